The number of hydrogen-bond donors (Lipinski definition) is 0. The maximum Gasteiger partial charge on any atom is 0.250 e. The first-order valence-corrected chi connectivity index (χ1v) is 18.3. The molecular weight excluding hydrogens is 484 g/mol. The van der Waals surface area contributed by atoms with Crippen LogP contribution in [0, 0.1) is 0 Å². The molecular formula is C29H46O5Si2. The smallest absolute Gasteiger partial charge is 0.250 e. The van der Waals surface area contributed by atoms with E-state index >= 15 is 0 Å². The summed E-state index contributed by atoms with van der Waals surface area (Å²) in [4.78, 5) is 0. The Morgan fingerprint density at radius 3 is 1.61 bits per heavy atom. The molecule has 0 unspecified atom stereocenters. The molecule has 0 saturated carbocycles. The molecule has 0 radical (unpaired) electrons. The van der Waals surface area contributed by atoms with Crippen molar-refractivity contribution in [2.24, 2.45) is 0 Å². The first-order valence-electron chi connectivity index (χ1n) is 12.5. The van der Waals surface area contributed by atoms with Crippen molar-refractivity contribution in [1.82, 2.24) is 0 Å². The van der Waals surface area contributed by atoms with Gasteiger partial charge in [0.15, 0.2) is 17.2 Å². The van der Waals surface area contributed by atoms with Gasteiger partial charge in [0.05, 0.1) is 21.3 Å². The molecule has 0 amide bonds. The molecule has 2 aromatic carbocycles. The van der Waals surface area contributed by atoms with Gasteiger partial charge in [-0.15, -0.1) is 0 Å². The van der Waals surface area contributed by atoms with Crippen LogP contribution in [0.2, 0.25) is 36.3 Å². The van der Waals surface area contributed by atoms with Crippen LogP contribution in [0.1, 0.15) is 52.7 Å². The van der Waals surface area contributed by atoms with E-state index in [0.29, 0.717) is 17.2 Å². The Morgan fingerprint density at radius 1 is 0.583 bits per heavy atom. The number of methoxy groups -OCH3 is 3. The molecule has 2 rings (SSSR count). The summed E-state index contributed by atoms with van der Waals surface area (Å²) in [6.07, 6.45) is 4.13. The largest absolute Gasteiger partial charge is 0.541 e. The average Bonchev–Trinajstić information content (AvgIpc) is 2.76. The Kier molecular flexibility index (Phi) is 9.06. The number of rotatable bonds is 9. The molecule has 0 bridgehead atoms. The highest BCUT2D eigenvalue weighted by atomic mass is 28.4. The fourth-order valence-corrected chi connectivity index (χ4v) is 5.09. The van der Waals surface area contributed by atoms with Crippen LogP contribution in [0.5, 0.6) is 28.7 Å². The molecule has 7 heteroatoms. The minimum Gasteiger partial charge on any atom is -0.541 e. The van der Waals surface area contributed by atoms with Gasteiger partial charge in [-0.25, -0.2) is 0 Å². The zero-order valence-corrected chi connectivity index (χ0v) is 26.6. The minimum atomic E-state index is -2.14. The molecule has 0 heterocycles. The Hall–Kier alpha value is -2.39. The molecule has 2 aromatic rings. The highest BCUT2D eigenvalue weighted by Gasteiger charge is 2.41. The lowest BCUT2D eigenvalue weighted by Gasteiger charge is -2.37. The molecule has 5 nitrogen and oxygen atoms in total. The van der Waals surface area contributed by atoms with Crippen LogP contribution in [0.3, 0.4) is 0 Å². The zero-order valence-electron chi connectivity index (χ0n) is 24.6. The Morgan fingerprint density at radius 2 is 1.11 bits per heavy atom. The standard InChI is InChI=1S/C29H46O5Si2/c1-28(2,3)35(10,11)33-25-20-21(15-18-23(25)30-7)14-16-22-17-19-24(31-8)27(32-9)26(22)34-36(12,13)29(4,5)6/h14-20H,1-13H3/b16-14+. The van der Waals surface area contributed by atoms with E-state index in [-0.39, 0.29) is 10.1 Å². The summed E-state index contributed by atoms with van der Waals surface area (Å²) in [5, 5.41) is 0.119. The maximum absolute atomic E-state index is 6.76. The van der Waals surface area contributed by atoms with Gasteiger partial charge in [-0.3, -0.25) is 0 Å². The van der Waals surface area contributed by atoms with Crippen molar-refractivity contribution in [3.63, 3.8) is 0 Å². The second-order valence-corrected chi connectivity index (χ2v) is 21.6. The van der Waals surface area contributed by atoms with E-state index in [9.17, 15) is 0 Å². The van der Waals surface area contributed by atoms with E-state index in [1.807, 2.05) is 30.3 Å². The van der Waals surface area contributed by atoms with Gasteiger partial charge in [0.1, 0.15) is 5.75 Å². The Labute approximate surface area is 221 Å². The van der Waals surface area contributed by atoms with Crippen molar-refractivity contribution in [2.75, 3.05) is 21.3 Å². The summed E-state index contributed by atoms with van der Waals surface area (Å²) in [7, 11) is 0.806. The summed E-state index contributed by atoms with van der Waals surface area (Å²) in [5.74, 6) is 3.49. The molecule has 0 aliphatic heterocycles. The third-order valence-corrected chi connectivity index (χ3v) is 16.2. The predicted molar refractivity (Wildman–Crippen MR) is 157 cm³/mol. The van der Waals surface area contributed by atoms with Crippen molar-refractivity contribution in [1.29, 1.82) is 0 Å². The lowest BCUT2D eigenvalue weighted by molar-refractivity contribution is 0.340. The molecule has 0 atom stereocenters. The highest BCUT2D eigenvalue weighted by molar-refractivity contribution is 6.75. The van der Waals surface area contributed by atoms with E-state index < -0.39 is 16.6 Å². The first-order chi connectivity index (χ1) is 16.5. The maximum atomic E-state index is 6.76. The molecule has 0 saturated heterocycles. The van der Waals surface area contributed by atoms with Crippen LogP contribution in [0.15, 0.2) is 30.3 Å². The van der Waals surface area contributed by atoms with Gasteiger partial charge in [-0.1, -0.05) is 59.8 Å². The summed E-state index contributed by atoms with van der Waals surface area (Å²) < 4.78 is 30.3. The number of ether oxygens (including phenoxy) is 3. The first kappa shape index (κ1) is 29.8. The third kappa shape index (κ3) is 6.68. The van der Waals surface area contributed by atoms with Crippen molar-refractivity contribution < 1.29 is 23.1 Å². The summed E-state index contributed by atoms with van der Waals surface area (Å²) in [6, 6.07) is 9.96. The number of hydrogen-bond acceptors (Lipinski definition) is 5. The SMILES string of the molecule is COc1ccc(/C=C/c2ccc(OC)c(OC)c2O[Si](C)(C)C(C)(C)C)cc1O[Si](C)(C)C(C)(C)C. The molecule has 200 valence electrons. The minimum absolute atomic E-state index is 0.0358. The Balaban J connectivity index is 2.55. The van der Waals surface area contributed by atoms with E-state index in [1.54, 1.807) is 21.3 Å². The van der Waals surface area contributed by atoms with Gasteiger partial charge in [-0.05, 0) is 66.1 Å². The van der Waals surface area contributed by atoms with Crippen LogP contribution < -0.4 is 23.1 Å². The van der Waals surface area contributed by atoms with Gasteiger partial charge < -0.3 is 23.1 Å². The van der Waals surface area contributed by atoms with Crippen LogP contribution in [0.4, 0.5) is 0 Å². The average molecular weight is 531 g/mol. The van der Waals surface area contributed by atoms with Crippen LogP contribution in [0.25, 0.3) is 12.2 Å². The second kappa shape index (κ2) is 10.9. The monoisotopic (exact) mass is 530 g/mol. The van der Waals surface area contributed by atoms with E-state index in [4.69, 9.17) is 23.1 Å². The lowest BCUT2D eigenvalue weighted by Crippen LogP contribution is -2.44. The van der Waals surface area contributed by atoms with Gasteiger partial charge in [-0.2, -0.15) is 0 Å². The number of benzene rings is 2. The van der Waals surface area contributed by atoms with Gasteiger partial charge in [0.25, 0.3) is 16.6 Å². The molecule has 0 N–H and O–H groups in total. The topological polar surface area (TPSA) is 46.2 Å². The summed E-state index contributed by atoms with van der Waals surface area (Å²) in [5.41, 5.74) is 1.94. The van der Waals surface area contributed by atoms with E-state index in [1.165, 1.54) is 0 Å². The fraction of sp³-hybridized carbons (Fsp3) is 0.517. The molecule has 0 aromatic heterocycles. The van der Waals surface area contributed by atoms with Crippen LogP contribution in [-0.4, -0.2) is 38.0 Å². The third-order valence-electron chi connectivity index (χ3n) is 7.51. The molecule has 0 spiro atoms. The zero-order chi connectivity index (χ0) is 27.5. The van der Waals surface area contributed by atoms with Crippen molar-refractivity contribution in [2.45, 2.75) is 77.8 Å². The van der Waals surface area contributed by atoms with Gasteiger partial charge in [0, 0.05) is 5.56 Å². The van der Waals surface area contributed by atoms with Crippen LogP contribution >= 0.6 is 0 Å². The molecule has 0 aliphatic carbocycles. The fourth-order valence-electron chi connectivity index (χ4n) is 3.05. The molecule has 0 fully saturated rings. The quantitative estimate of drug-likeness (QED) is 0.240. The van der Waals surface area contributed by atoms with Gasteiger partial charge in [0.2, 0.25) is 5.75 Å². The second-order valence-electron chi connectivity index (χ2n) is 12.2. The van der Waals surface area contributed by atoms with Crippen molar-refractivity contribution in [3.05, 3.63) is 41.5 Å². The molecule has 36 heavy (non-hydrogen) atoms. The molecule has 0 aliphatic rings. The van der Waals surface area contributed by atoms with Gasteiger partial charge >= 0.3 is 0 Å². The van der Waals surface area contributed by atoms with E-state index in [0.717, 1.165) is 22.6 Å². The van der Waals surface area contributed by atoms with Crippen LogP contribution in [-0.2, 0) is 0 Å². The summed E-state index contributed by atoms with van der Waals surface area (Å²) in [6.45, 7) is 22.3. The Bertz CT molecular complexity index is 1080. The predicted octanol–water partition coefficient (Wildman–Crippen LogP) is 8.65. The lowest BCUT2D eigenvalue weighted by atomic mass is 10.1. The van der Waals surface area contributed by atoms with Crippen molar-refractivity contribution >= 4 is 28.8 Å². The highest BCUT2D eigenvalue weighted by Crippen LogP contribution is 2.46. The van der Waals surface area contributed by atoms with Crippen molar-refractivity contribution in [3.8, 4) is 28.7 Å². The summed E-state index contributed by atoms with van der Waals surface area (Å²) >= 11 is 0. The van der Waals surface area contributed by atoms with E-state index in [2.05, 4.69) is 79.9 Å². The normalized spacial score (nSPS) is 13.0.